The number of hydrogen-bond acceptors (Lipinski definition) is 7. The van der Waals surface area contributed by atoms with E-state index < -0.39 is 34.8 Å². The van der Waals surface area contributed by atoms with Crippen LogP contribution in [-0.2, 0) is 22.3 Å². The molecule has 40 heavy (non-hydrogen) atoms. The van der Waals surface area contributed by atoms with Gasteiger partial charge in [-0.2, -0.15) is 13.2 Å². The third-order valence-electron chi connectivity index (χ3n) is 6.01. The molecule has 1 fully saturated rings. The number of alkyl halides is 3. The SMILES string of the molecule is O=C(O)c1ccc(NC(=O)C2CC(=O)N(Cc3ccc4c(c3)OCO4)C(=Nc3cccc(C(F)(F)F)c3)S2)cc1. The highest BCUT2D eigenvalue weighted by Crippen LogP contribution is 2.36. The molecule has 2 amide bonds. The standard InChI is InChI=1S/C27H20F3N3O6S/c28-27(29,30)17-2-1-3-19(11-17)32-26-33(13-15-4-9-20-21(10-15)39-14-38-20)23(34)12-22(40-26)24(35)31-18-7-5-16(6-8-18)25(36)37/h1-11,22H,12-14H2,(H,31,35)(H,36,37). The van der Waals surface area contributed by atoms with Crippen LogP contribution in [0.3, 0.4) is 0 Å². The first kappa shape index (κ1) is 27.1. The van der Waals surface area contributed by atoms with Crippen molar-refractivity contribution in [2.24, 2.45) is 4.99 Å². The van der Waals surface area contributed by atoms with Gasteiger partial charge in [0.15, 0.2) is 16.7 Å². The Labute approximate surface area is 229 Å². The Bertz CT molecular complexity index is 1510. The lowest BCUT2D eigenvalue weighted by atomic mass is 10.1. The van der Waals surface area contributed by atoms with Crippen LogP contribution in [0, 0.1) is 0 Å². The molecule has 0 aliphatic carbocycles. The van der Waals surface area contributed by atoms with Crippen LogP contribution in [0.1, 0.15) is 27.9 Å². The van der Waals surface area contributed by atoms with E-state index in [0.717, 1.165) is 23.9 Å². The van der Waals surface area contributed by atoms with E-state index in [4.69, 9.17) is 14.6 Å². The Morgan fingerprint density at radius 2 is 1.80 bits per heavy atom. The molecule has 2 aliphatic heterocycles. The minimum atomic E-state index is -4.59. The summed E-state index contributed by atoms with van der Waals surface area (Å²) in [5.41, 5.74) is 0.0856. The molecule has 1 unspecified atom stereocenters. The van der Waals surface area contributed by atoms with Crippen LogP contribution in [0.25, 0.3) is 0 Å². The number of thioether (sulfide) groups is 1. The van der Waals surface area contributed by atoms with Crippen molar-refractivity contribution in [2.75, 3.05) is 12.1 Å². The normalized spacial score (nSPS) is 17.7. The smallest absolute Gasteiger partial charge is 0.416 e. The molecule has 1 saturated heterocycles. The van der Waals surface area contributed by atoms with Crippen LogP contribution < -0.4 is 14.8 Å². The van der Waals surface area contributed by atoms with Gasteiger partial charge in [0.25, 0.3) is 0 Å². The summed E-state index contributed by atoms with van der Waals surface area (Å²) in [5, 5.41) is 10.8. The summed E-state index contributed by atoms with van der Waals surface area (Å²) < 4.78 is 50.6. The number of amides is 2. The number of carbonyl (C=O) groups excluding carboxylic acids is 2. The maximum Gasteiger partial charge on any atom is 0.416 e. The number of carboxylic acids is 1. The number of halogens is 3. The van der Waals surface area contributed by atoms with E-state index >= 15 is 0 Å². The van der Waals surface area contributed by atoms with Crippen molar-refractivity contribution in [2.45, 2.75) is 24.4 Å². The summed E-state index contributed by atoms with van der Waals surface area (Å²) in [6.07, 6.45) is -4.79. The lowest BCUT2D eigenvalue weighted by Crippen LogP contribution is -2.44. The molecular weight excluding hydrogens is 551 g/mol. The Morgan fingerprint density at radius 3 is 2.52 bits per heavy atom. The maximum absolute atomic E-state index is 13.3. The highest BCUT2D eigenvalue weighted by molar-refractivity contribution is 8.15. The number of rotatable bonds is 6. The third-order valence-corrected chi connectivity index (χ3v) is 7.20. The van der Waals surface area contributed by atoms with Gasteiger partial charge in [-0.25, -0.2) is 9.79 Å². The zero-order valence-corrected chi connectivity index (χ0v) is 21.3. The van der Waals surface area contributed by atoms with Crippen molar-refractivity contribution in [1.82, 2.24) is 4.90 Å². The zero-order chi connectivity index (χ0) is 28.4. The Hall–Kier alpha value is -4.52. The largest absolute Gasteiger partial charge is 0.478 e. The summed E-state index contributed by atoms with van der Waals surface area (Å²) in [7, 11) is 0. The first-order valence-electron chi connectivity index (χ1n) is 11.8. The Balaban J connectivity index is 1.42. The molecule has 2 heterocycles. The van der Waals surface area contributed by atoms with Gasteiger partial charge in [-0.15, -0.1) is 0 Å². The fraction of sp³-hybridized carbons (Fsp3) is 0.185. The molecule has 1 atom stereocenters. The van der Waals surface area contributed by atoms with E-state index in [1.807, 2.05) is 0 Å². The first-order chi connectivity index (χ1) is 19.1. The lowest BCUT2D eigenvalue weighted by Gasteiger charge is -2.32. The molecule has 13 heteroatoms. The molecule has 0 spiro atoms. The topological polar surface area (TPSA) is 118 Å². The van der Waals surface area contributed by atoms with Gasteiger partial charge in [0, 0.05) is 12.1 Å². The van der Waals surface area contributed by atoms with Gasteiger partial charge < -0.3 is 19.9 Å². The summed E-state index contributed by atoms with van der Waals surface area (Å²) in [6, 6.07) is 15.0. The number of nitrogens with zero attached hydrogens (tertiary/aromatic N) is 2. The summed E-state index contributed by atoms with van der Waals surface area (Å²) >= 11 is 0.943. The number of carboxylic acid groups (broad SMARTS) is 1. The molecule has 0 saturated carbocycles. The van der Waals surface area contributed by atoms with E-state index in [1.54, 1.807) is 18.2 Å². The van der Waals surface area contributed by atoms with Crippen LogP contribution in [0.5, 0.6) is 11.5 Å². The highest BCUT2D eigenvalue weighted by Gasteiger charge is 2.37. The molecule has 3 aromatic carbocycles. The molecule has 206 valence electrons. The molecule has 2 N–H and O–H groups in total. The van der Waals surface area contributed by atoms with Gasteiger partial charge >= 0.3 is 12.1 Å². The van der Waals surface area contributed by atoms with Crippen molar-refractivity contribution in [1.29, 1.82) is 0 Å². The average molecular weight is 572 g/mol. The predicted octanol–water partition coefficient (Wildman–Crippen LogP) is 5.29. The number of anilines is 1. The fourth-order valence-corrected chi connectivity index (χ4v) is 5.10. The van der Waals surface area contributed by atoms with Crippen molar-refractivity contribution in [3.8, 4) is 11.5 Å². The minimum Gasteiger partial charge on any atom is -0.478 e. The summed E-state index contributed by atoms with van der Waals surface area (Å²) in [5.74, 6) is -1.07. The van der Waals surface area contributed by atoms with Gasteiger partial charge in [-0.05, 0) is 60.2 Å². The van der Waals surface area contributed by atoms with Crippen molar-refractivity contribution in [3.63, 3.8) is 0 Å². The molecular formula is C27H20F3N3O6S. The summed E-state index contributed by atoms with van der Waals surface area (Å²) in [6.45, 7) is 0.0978. The summed E-state index contributed by atoms with van der Waals surface area (Å²) in [4.78, 5) is 43.1. The molecule has 0 aromatic heterocycles. The number of carbonyl (C=O) groups is 3. The predicted molar refractivity (Wildman–Crippen MR) is 140 cm³/mol. The van der Waals surface area contributed by atoms with Gasteiger partial charge in [-0.3, -0.25) is 14.5 Å². The average Bonchev–Trinajstić information content (AvgIpc) is 3.38. The van der Waals surface area contributed by atoms with Crippen molar-refractivity contribution >= 4 is 46.1 Å². The Kier molecular flexibility index (Phi) is 7.39. The van der Waals surface area contributed by atoms with Crippen LogP contribution in [0.4, 0.5) is 24.5 Å². The van der Waals surface area contributed by atoms with Gasteiger partial charge in [0.05, 0.1) is 23.4 Å². The van der Waals surface area contributed by atoms with Crippen molar-refractivity contribution < 1.29 is 42.1 Å². The maximum atomic E-state index is 13.3. The van der Waals surface area contributed by atoms with E-state index in [1.165, 1.54) is 41.3 Å². The quantitative estimate of drug-likeness (QED) is 0.413. The van der Waals surface area contributed by atoms with Crippen molar-refractivity contribution in [3.05, 3.63) is 83.4 Å². The van der Waals surface area contributed by atoms with E-state index in [0.29, 0.717) is 22.7 Å². The second kappa shape index (κ2) is 10.9. The number of ether oxygens (including phenoxy) is 2. The molecule has 0 bridgehead atoms. The minimum absolute atomic E-state index is 0.0330. The molecule has 0 radical (unpaired) electrons. The van der Waals surface area contributed by atoms with Crippen LogP contribution >= 0.6 is 11.8 Å². The number of aromatic carboxylic acids is 1. The lowest BCUT2D eigenvalue weighted by molar-refractivity contribution is -0.137. The molecule has 9 nitrogen and oxygen atoms in total. The van der Waals surface area contributed by atoms with Gasteiger partial charge in [-0.1, -0.05) is 23.9 Å². The Morgan fingerprint density at radius 1 is 1.05 bits per heavy atom. The number of amidine groups is 1. The number of hydrogen-bond donors (Lipinski definition) is 2. The van der Waals surface area contributed by atoms with Crippen LogP contribution in [-0.4, -0.2) is 45.0 Å². The fourth-order valence-electron chi connectivity index (χ4n) is 4.00. The highest BCUT2D eigenvalue weighted by atomic mass is 32.2. The van der Waals surface area contributed by atoms with Crippen LogP contribution in [0.2, 0.25) is 0 Å². The number of nitrogens with one attached hydrogen (secondary N) is 1. The first-order valence-corrected chi connectivity index (χ1v) is 12.7. The van der Waals surface area contributed by atoms with E-state index in [9.17, 15) is 27.6 Å². The molecule has 5 rings (SSSR count). The number of benzene rings is 3. The number of aliphatic imine (C=N–C) groups is 1. The number of fused-ring (bicyclic) bond motifs is 1. The second-order valence-corrected chi connectivity index (χ2v) is 9.96. The zero-order valence-electron chi connectivity index (χ0n) is 20.5. The van der Waals surface area contributed by atoms with Gasteiger partial charge in [0.2, 0.25) is 18.6 Å². The van der Waals surface area contributed by atoms with Crippen LogP contribution in [0.15, 0.2) is 71.7 Å². The molecule has 2 aliphatic rings. The van der Waals surface area contributed by atoms with E-state index in [2.05, 4.69) is 10.3 Å². The second-order valence-electron chi connectivity index (χ2n) is 8.79. The monoisotopic (exact) mass is 571 g/mol. The van der Waals surface area contributed by atoms with Gasteiger partial charge in [0.1, 0.15) is 5.25 Å². The third kappa shape index (κ3) is 6.04. The van der Waals surface area contributed by atoms with E-state index in [-0.39, 0.29) is 36.2 Å². The molecule has 3 aromatic rings.